The van der Waals surface area contributed by atoms with Gasteiger partial charge in [-0.2, -0.15) is 0 Å². The van der Waals surface area contributed by atoms with Crippen LogP contribution in [-0.4, -0.2) is 30.9 Å². The second-order valence-electron chi connectivity index (χ2n) is 4.42. The van der Waals surface area contributed by atoms with Gasteiger partial charge in [-0.05, 0) is 19.4 Å². The van der Waals surface area contributed by atoms with Gasteiger partial charge in [-0.15, -0.1) is 11.8 Å². The molecule has 2 unspecified atom stereocenters. The molecule has 0 spiro atoms. The molecule has 0 saturated carbocycles. The monoisotopic (exact) mass is 261 g/mol. The molecule has 3 nitrogen and oxygen atoms in total. The maximum atomic E-state index is 9.78. The summed E-state index contributed by atoms with van der Waals surface area (Å²) in [5.41, 5.74) is 1.13. The lowest BCUT2D eigenvalue weighted by atomic mass is 10.1. The van der Waals surface area contributed by atoms with Crippen LogP contribution in [0, 0.1) is 11.8 Å². The molecule has 1 aromatic rings. The Labute approximate surface area is 116 Å². The van der Waals surface area contributed by atoms with E-state index in [-0.39, 0.29) is 6.10 Å². The first kappa shape index (κ1) is 15.7. The number of aliphatic hydroxyl groups is 1. The second-order valence-corrected chi connectivity index (χ2v) is 4.42. The molecule has 1 rings (SSSR count). The van der Waals surface area contributed by atoms with Crippen LogP contribution in [-0.2, 0) is 4.74 Å². The van der Waals surface area contributed by atoms with Crippen LogP contribution < -0.4 is 5.32 Å². The molecule has 0 aliphatic heterocycles. The summed E-state index contributed by atoms with van der Waals surface area (Å²) in [5.74, 6) is 5.81. The summed E-state index contributed by atoms with van der Waals surface area (Å²) in [5, 5.41) is 12.9. The summed E-state index contributed by atoms with van der Waals surface area (Å²) in [6, 6.07) is 10.0. The van der Waals surface area contributed by atoms with Crippen molar-refractivity contribution in [1.82, 2.24) is 5.32 Å². The predicted octanol–water partition coefficient (Wildman–Crippen LogP) is 2.13. The van der Waals surface area contributed by atoms with E-state index >= 15 is 0 Å². The highest BCUT2D eigenvalue weighted by atomic mass is 16.5. The first-order valence-electron chi connectivity index (χ1n) is 6.69. The zero-order valence-corrected chi connectivity index (χ0v) is 11.7. The van der Waals surface area contributed by atoms with Crippen LogP contribution in [0.3, 0.4) is 0 Å². The van der Waals surface area contributed by atoms with Crippen LogP contribution in [0.5, 0.6) is 0 Å². The molecular formula is C16H23NO2. The van der Waals surface area contributed by atoms with E-state index < -0.39 is 6.10 Å². The van der Waals surface area contributed by atoms with Gasteiger partial charge in [0.1, 0.15) is 0 Å². The standard InChI is InChI=1S/C16H23NO2/c1-3-4-8-11-17-12-16(18)13-19-14(2)15-9-6-5-7-10-15/h5-7,9-10,14,16-18H,8,11-13H2,1-2H3. The summed E-state index contributed by atoms with van der Waals surface area (Å²) in [6.45, 7) is 5.49. The Morgan fingerprint density at radius 1 is 1.32 bits per heavy atom. The van der Waals surface area contributed by atoms with Gasteiger partial charge in [0.2, 0.25) is 0 Å². The van der Waals surface area contributed by atoms with E-state index in [0.29, 0.717) is 13.2 Å². The highest BCUT2D eigenvalue weighted by molar-refractivity contribution is 5.16. The molecule has 1 aromatic carbocycles. The summed E-state index contributed by atoms with van der Waals surface area (Å²) < 4.78 is 5.65. The number of hydrogen-bond donors (Lipinski definition) is 2. The molecular weight excluding hydrogens is 238 g/mol. The predicted molar refractivity (Wildman–Crippen MR) is 77.8 cm³/mol. The third kappa shape index (κ3) is 6.97. The molecule has 0 bridgehead atoms. The fourth-order valence-corrected chi connectivity index (χ4v) is 1.68. The SMILES string of the molecule is CC#CCCNCC(O)COC(C)c1ccccc1. The fourth-order valence-electron chi connectivity index (χ4n) is 1.68. The van der Waals surface area contributed by atoms with Gasteiger partial charge >= 0.3 is 0 Å². The van der Waals surface area contributed by atoms with Crippen LogP contribution >= 0.6 is 0 Å². The molecule has 0 aliphatic carbocycles. The van der Waals surface area contributed by atoms with E-state index in [4.69, 9.17) is 4.74 Å². The maximum absolute atomic E-state index is 9.78. The summed E-state index contributed by atoms with van der Waals surface area (Å²) in [7, 11) is 0. The average Bonchev–Trinajstić information content (AvgIpc) is 2.45. The van der Waals surface area contributed by atoms with Gasteiger partial charge in [0.15, 0.2) is 0 Å². The molecule has 0 amide bonds. The number of aliphatic hydroxyl groups excluding tert-OH is 1. The van der Waals surface area contributed by atoms with Crippen LogP contribution in [0.1, 0.15) is 31.9 Å². The van der Waals surface area contributed by atoms with Crippen molar-refractivity contribution in [3.63, 3.8) is 0 Å². The average molecular weight is 261 g/mol. The highest BCUT2D eigenvalue weighted by Gasteiger charge is 2.09. The molecule has 0 saturated heterocycles. The van der Waals surface area contributed by atoms with Gasteiger partial charge < -0.3 is 15.2 Å². The van der Waals surface area contributed by atoms with E-state index in [2.05, 4.69) is 17.2 Å². The lowest BCUT2D eigenvalue weighted by Crippen LogP contribution is -2.31. The van der Waals surface area contributed by atoms with Crippen molar-refractivity contribution in [2.24, 2.45) is 0 Å². The van der Waals surface area contributed by atoms with Gasteiger partial charge in [-0.25, -0.2) is 0 Å². The number of hydrogen-bond acceptors (Lipinski definition) is 3. The number of rotatable bonds is 8. The molecule has 0 aliphatic rings. The van der Waals surface area contributed by atoms with Crippen molar-refractivity contribution in [2.75, 3.05) is 19.7 Å². The first-order chi connectivity index (χ1) is 9.24. The zero-order valence-electron chi connectivity index (χ0n) is 11.7. The van der Waals surface area contributed by atoms with Crippen molar-refractivity contribution in [3.8, 4) is 11.8 Å². The summed E-state index contributed by atoms with van der Waals surface area (Å²) in [6.07, 6.45) is 0.326. The zero-order chi connectivity index (χ0) is 13.9. The van der Waals surface area contributed by atoms with Gasteiger partial charge in [-0.3, -0.25) is 0 Å². The van der Waals surface area contributed by atoms with E-state index in [9.17, 15) is 5.11 Å². The Balaban J connectivity index is 2.15. The van der Waals surface area contributed by atoms with Crippen molar-refractivity contribution in [1.29, 1.82) is 0 Å². The van der Waals surface area contributed by atoms with Gasteiger partial charge in [0.05, 0.1) is 18.8 Å². The van der Waals surface area contributed by atoms with Crippen molar-refractivity contribution >= 4 is 0 Å². The molecule has 2 atom stereocenters. The summed E-state index contributed by atoms with van der Waals surface area (Å²) in [4.78, 5) is 0. The molecule has 0 aromatic heterocycles. The van der Waals surface area contributed by atoms with Crippen molar-refractivity contribution in [3.05, 3.63) is 35.9 Å². The minimum Gasteiger partial charge on any atom is -0.389 e. The Bertz CT molecular complexity index is 394. The smallest absolute Gasteiger partial charge is 0.0897 e. The topological polar surface area (TPSA) is 41.5 Å². The number of ether oxygens (including phenoxy) is 1. The Kier molecular flexibility index (Phi) is 7.92. The van der Waals surface area contributed by atoms with Gasteiger partial charge in [0, 0.05) is 19.5 Å². The Morgan fingerprint density at radius 2 is 2.05 bits per heavy atom. The second kappa shape index (κ2) is 9.57. The van der Waals surface area contributed by atoms with Crippen molar-refractivity contribution in [2.45, 2.75) is 32.5 Å². The van der Waals surface area contributed by atoms with E-state index in [0.717, 1.165) is 18.5 Å². The lowest BCUT2D eigenvalue weighted by Gasteiger charge is -2.17. The van der Waals surface area contributed by atoms with Crippen LogP contribution in [0.4, 0.5) is 0 Å². The van der Waals surface area contributed by atoms with Crippen LogP contribution in [0.2, 0.25) is 0 Å². The molecule has 2 N–H and O–H groups in total. The molecule has 0 fully saturated rings. The van der Waals surface area contributed by atoms with E-state index in [1.54, 1.807) is 0 Å². The van der Waals surface area contributed by atoms with Gasteiger partial charge in [-0.1, -0.05) is 30.3 Å². The van der Waals surface area contributed by atoms with Crippen LogP contribution in [0.25, 0.3) is 0 Å². The minimum atomic E-state index is -0.485. The maximum Gasteiger partial charge on any atom is 0.0897 e. The normalized spacial score (nSPS) is 13.4. The molecule has 19 heavy (non-hydrogen) atoms. The summed E-state index contributed by atoms with van der Waals surface area (Å²) >= 11 is 0. The van der Waals surface area contributed by atoms with E-state index in [1.807, 2.05) is 44.2 Å². The first-order valence-corrected chi connectivity index (χ1v) is 6.69. The van der Waals surface area contributed by atoms with Crippen LogP contribution in [0.15, 0.2) is 30.3 Å². The molecule has 0 radical (unpaired) electrons. The Morgan fingerprint density at radius 3 is 2.74 bits per heavy atom. The molecule has 3 heteroatoms. The Hall–Kier alpha value is -1.34. The third-order valence-electron chi connectivity index (χ3n) is 2.79. The minimum absolute atomic E-state index is 0.00167. The third-order valence-corrected chi connectivity index (χ3v) is 2.79. The van der Waals surface area contributed by atoms with E-state index in [1.165, 1.54) is 0 Å². The largest absolute Gasteiger partial charge is 0.389 e. The highest BCUT2D eigenvalue weighted by Crippen LogP contribution is 2.15. The lowest BCUT2D eigenvalue weighted by molar-refractivity contribution is -0.00189. The molecule has 104 valence electrons. The molecule has 0 heterocycles. The van der Waals surface area contributed by atoms with Gasteiger partial charge in [0.25, 0.3) is 0 Å². The van der Waals surface area contributed by atoms with Crippen molar-refractivity contribution < 1.29 is 9.84 Å². The number of nitrogens with one attached hydrogen (secondary N) is 1. The quantitative estimate of drug-likeness (QED) is 0.556. The fraction of sp³-hybridized carbons (Fsp3) is 0.500. The number of benzene rings is 1.